The minimum absolute atomic E-state index is 0.0620. The van der Waals surface area contributed by atoms with E-state index in [1.54, 1.807) is 12.1 Å². The summed E-state index contributed by atoms with van der Waals surface area (Å²) in [6.45, 7) is 12.9. The largest absolute Gasteiger partial charge is 0.460 e. The molecule has 1 aromatic rings. The molecular weight excluding hydrogens is 560 g/mol. The topological polar surface area (TPSA) is 134 Å². The lowest BCUT2D eigenvalue weighted by atomic mass is 10.2. The number of hydrogen-bond acceptors (Lipinski definition) is 12. The molecule has 1 rings (SSSR count). The van der Waals surface area contributed by atoms with Crippen LogP contribution in [0.3, 0.4) is 0 Å². The number of carbonyl (C=O) groups excluding carboxylic acids is 1. The molecule has 0 saturated carbocycles. The van der Waals surface area contributed by atoms with E-state index >= 15 is 0 Å². The van der Waals surface area contributed by atoms with Crippen molar-refractivity contribution in [3.05, 3.63) is 29.8 Å². The molecule has 13 heteroatoms. The number of benzene rings is 1. The summed E-state index contributed by atoms with van der Waals surface area (Å²) in [5, 5.41) is 0. The van der Waals surface area contributed by atoms with E-state index in [0.717, 1.165) is 5.56 Å². The van der Waals surface area contributed by atoms with Crippen molar-refractivity contribution in [3.8, 4) is 0 Å². The molecule has 0 bridgehead atoms. The van der Waals surface area contributed by atoms with Gasteiger partial charge in [-0.25, -0.2) is 0 Å². The van der Waals surface area contributed by atoms with Crippen LogP contribution in [-0.4, -0.2) is 119 Å². The molecule has 0 fully saturated rings. The monoisotopic (exact) mass is 608 g/mol. The summed E-state index contributed by atoms with van der Waals surface area (Å²) in [6, 6.07) is 6.47. The van der Waals surface area contributed by atoms with E-state index in [0.29, 0.717) is 85.9 Å². The lowest BCUT2D eigenvalue weighted by Gasteiger charge is -2.19. The quantitative estimate of drug-likeness (QED) is 0.0869. The summed E-state index contributed by atoms with van der Waals surface area (Å²) >= 11 is 0. The first-order valence-electron chi connectivity index (χ1n) is 13.8. The first-order valence-corrected chi connectivity index (χ1v) is 15.2. The van der Waals surface area contributed by atoms with Crippen LogP contribution < -0.4 is 0 Å². The van der Waals surface area contributed by atoms with Gasteiger partial charge in [0.25, 0.3) is 10.1 Å². The van der Waals surface area contributed by atoms with E-state index in [-0.39, 0.29) is 30.5 Å². The normalized spacial score (nSPS) is 12.1. The Labute approximate surface area is 244 Å². The summed E-state index contributed by atoms with van der Waals surface area (Å²) in [7, 11) is -3.77. The lowest BCUT2D eigenvalue weighted by molar-refractivity contribution is -0.156. The zero-order valence-electron chi connectivity index (χ0n) is 24.9. The smallest absolute Gasteiger partial charge is 0.308 e. The molecule has 12 nitrogen and oxygen atoms in total. The third-order valence-corrected chi connectivity index (χ3v) is 6.20. The molecule has 0 aliphatic heterocycles. The maximum Gasteiger partial charge on any atom is 0.308 e. The highest BCUT2D eigenvalue weighted by atomic mass is 32.2. The zero-order chi connectivity index (χ0) is 30.2. The molecule has 0 heterocycles. The maximum atomic E-state index is 12.0. The number of esters is 1. The summed E-state index contributed by atoms with van der Waals surface area (Å²) < 4.78 is 72.0. The maximum absolute atomic E-state index is 12.0. The number of aryl methyl sites for hydroxylation is 1. The second-order valence-electron chi connectivity index (χ2n) is 9.71. The Balaban J connectivity index is 1.75. The van der Waals surface area contributed by atoms with E-state index in [4.69, 9.17) is 42.1 Å². The predicted molar refractivity (Wildman–Crippen MR) is 151 cm³/mol. The molecule has 0 N–H and O–H groups in total. The van der Waals surface area contributed by atoms with Crippen LogP contribution in [0.4, 0.5) is 0 Å². The molecule has 0 aliphatic carbocycles. The summed E-state index contributed by atoms with van der Waals surface area (Å²) in [4.78, 5) is 11.7. The Bertz CT molecular complexity index is 884. The van der Waals surface area contributed by atoms with Crippen molar-refractivity contribution in [2.45, 2.75) is 44.6 Å². The van der Waals surface area contributed by atoms with Crippen LogP contribution >= 0.6 is 0 Å². The molecule has 0 aromatic heterocycles. The average Bonchev–Trinajstić information content (AvgIpc) is 2.90. The Hall–Kier alpha value is -1.68. The van der Waals surface area contributed by atoms with Gasteiger partial charge in [0.2, 0.25) is 0 Å². The fourth-order valence-corrected chi connectivity index (χ4v) is 3.84. The minimum Gasteiger partial charge on any atom is -0.460 e. The van der Waals surface area contributed by atoms with Crippen molar-refractivity contribution in [2.75, 3.05) is 99.1 Å². The predicted octanol–water partition coefficient (Wildman–Crippen LogP) is 2.55. The Morgan fingerprint density at radius 1 is 0.585 bits per heavy atom. The van der Waals surface area contributed by atoms with Crippen molar-refractivity contribution >= 4 is 16.1 Å². The van der Waals surface area contributed by atoms with E-state index in [2.05, 4.69) is 0 Å². The second-order valence-corrected chi connectivity index (χ2v) is 11.3. The van der Waals surface area contributed by atoms with Gasteiger partial charge in [-0.15, -0.1) is 0 Å². The van der Waals surface area contributed by atoms with Gasteiger partial charge in [0.05, 0.1) is 110 Å². The molecule has 238 valence electrons. The minimum atomic E-state index is -3.77. The van der Waals surface area contributed by atoms with Gasteiger partial charge < -0.3 is 37.9 Å². The van der Waals surface area contributed by atoms with Crippen LogP contribution in [0.5, 0.6) is 0 Å². The van der Waals surface area contributed by atoms with Crippen LogP contribution in [0.25, 0.3) is 0 Å². The van der Waals surface area contributed by atoms with Crippen molar-refractivity contribution in [2.24, 2.45) is 0 Å². The SMILES string of the molecule is Cc1ccc(S(=O)(=O)OCCOCCOCCOCCOCCOCCOCCOCCC(=O)OC(C)(C)C)cc1. The van der Waals surface area contributed by atoms with Crippen molar-refractivity contribution in [3.63, 3.8) is 0 Å². The van der Waals surface area contributed by atoms with Gasteiger partial charge in [-0.3, -0.25) is 8.98 Å². The molecule has 0 spiro atoms. The zero-order valence-corrected chi connectivity index (χ0v) is 25.7. The molecular formula is C28H48O12S. The average molecular weight is 609 g/mol. The summed E-state index contributed by atoms with van der Waals surface area (Å²) in [5.41, 5.74) is 0.492. The van der Waals surface area contributed by atoms with Crippen molar-refractivity contribution in [1.29, 1.82) is 0 Å². The summed E-state index contributed by atoms with van der Waals surface area (Å²) in [6.07, 6.45) is 0.222. The molecule has 0 aliphatic rings. The van der Waals surface area contributed by atoms with Crippen molar-refractivity contribution in [1.82, 2.24) is 0 Å². The first-order chi connectivity index (χ1) is 19.6. The molecule has 41 heavy (non-hydrogen) atoms. The van der Waals surface area contributed by atoms with Crippen molar-refractivity contribution < 1.29 is 55.3 Å². The number of ether oxygens (including phenoxy) is 8. The Morgan fingerprint density at radius 3 is 1.29 bits per heavy atom. The van der Waals surface area contributed by atoms with Crippen LogP contribution in [-0.2, 0) is 57.0 Å². The van der Waals surface area contributed by atoms with Crippen LogP contribution in [0.2, 0.25) is 0 Å². The van der Waals surface area contributed by atoms with E-state index in [1.807, 2.05) is 27.7 Å². The van der Waals surface area contributed by atoms with Gasteiger partial charge >= 0.3 is 5.97 Å². The molecule has 0 radical (unpaired) electrons. The van der Waals surface area contributed by atoms with Gasteiger partial charge in [-0.1, -0.05) is 17.7 Å². The van der Waals surface area contributed by atoms with Gasteiger partial charge in [0.15, 0.2) is 0 Å². The molecule has 1 aromatic carbocycles. The van der Waals surface area contributed by atoms with Gasteiger partial charge in [-0.2, -0.15) is 8.42 Å². The highest BCUT2D eigenvalue weighted by Gasteiger charge is 2.16. The van der Waals surface area contributed by atoms with Gasteiger partial charge in [0, 0.05) is 0 Å². The third kappa shape index (κ3) is 22.6. The van der Waals surface area contributed by atoms with Gasteiger partial charge in [0.1, 0.15) is 5.60 Å². The number of rotatable bonds is 26. The third-order valence-electron chi connectivity index (χ3n) is 4.88. The van der Waals surface area contributed by atoms with Crippen LogP contribution in [0, 0.1) is 6.92 Å². The van der Waals surface area contributed by atoms with E-state index < -0.39 is 15.7 Å². The lowest BCUT2D eigenvalue weighted by Crippen LogP contribution is -2.24. The molecule has 0 atom stereocenters. The first kappa shape index (κ1) is 37.3. The molecule has 0 unspecified atom stereocenters. The molecule has 0 saturated heterocycles. The van der Waals surface area contributed by atoms with Crippen LogP contribution in [0.15, 0.2) is 29.2 Å². The Kier molecular flexibility index (Phi) is 20.8. The standard InChI is InChI=1S/C28H48O12S/c1-25-5-7-26(8-6-25)41(30,31)39-24-23-38-22-21-37-20-19-36-18-17-35-16-15-34-14-13-33-12-11-32-10-9-27(29)40-28(2,3)4/h5-8H,9-24H2,1-4H3. The number of carbonyl (C=O) groups is 1. The van der Waals surface area contributed by atoms with E-state index in [9.17, 15) is 13.2 Å². The van der Waals surface area contributed by atoms with E-state index in [1.165, 1.54) is 12.1 Å². The highest BCUT2D eigenvalue weighted by molar-refractivity contribution is 7.86. The number of hydrogen-bond donors (Lipinski definition) is 0. The fraction of sp³-hybridized carbons (Fsp3) is 0.750. The fourth-order valence-electron chi connectivity index (χ4n) is 2.95. The van der Waals surface area contributed by atoms with Gasteiger partial charge in [-0.05, 0) is 39.8 Å². The Morgan fingerprint density at radius 2 is 0.927 bits per heavy atom. The highest BCUT2D eigenvalue weighted by Crippen LogP contribution is 2.13. The van der Waals surface area contributed by atoms with Crippen LogP contribution in [0.1, 0.15) is 32.8 Å². The molecule has 0 amide bonds. The second kappa shape index (κ2) is 22.9. The summed E-state index contributed by atoms with van der Waals surface area (Å²) in [5.74, 6) is -0.274.